The minimum atomic E-state index is -0.416. The van der Waals surface area contributed by atoms with Crippen molar-refractivity contribution in [1.29, 1.82) is 0 Å². The van der Waals surface area contributed by atoms with E-state index in [2.05, 4.69) is 5.32 Å². The predicted molar refractivity (Wildman–Crippen MR) is 129 cm³/mol. The molecule has 2 aromatic rings. The van der Waals surface area contributed by atoms with Gasteiger partial charge in [-0.15, -0.1) is 0 Å². The van der Waals surface area contributed by atoms with Crippen molar-refractivity contribution in [2.45, 2.75) is 44.4 Å². The average molecular weight is 451 g/mol. The smallest absolute Gasteiger partial charge is 0.259 e. The van der Waals surface area contributed by atoms with Crippen LogP contribution in [0.2, 0.25) is 0 Å². The third-order valence-corrected chi connectivity index (χ3v) is 6.69. The van der Waals surface area contributed by atoms with Crippen LogP contribution >= 0.6 is 11.8 Å². The molecule has 0 aromatic heterocycles. The molecule has 8 heteroatoms. The van der Waals surface area contributed by atoms with E-state index in [1.807, 2.05) is 38.1 Å². The van der Waals surface area contributed by atoms with Crippen LogP contribution in [0.1, 0.15) is 38.7 Å². The molecule has 0 spiro atoms. The number of para-hydroxylation sites is 1. The first kappa shape index (κ1) is 22.1. The molecule has 0 radical (unpaired) electrons. The van der Waals surface area contributed by atoms with Crippen LogP contribution in [0.4, 0.5) is 11.4 Å². The Labute approximate surface area is 192 Å². The van der Waals surface area contributed by atoms with Gasteiger partial charge in [0.15, 0.2) is 5.17 Å². The Balaban J connectivity index is 1.58. The fraction of sp³-hybridized carbons (Fsp3) is 0.333. The number of amidine groups is 2. The maximum absolute atomic E-state index is 13.1. The number of aliphatic imine (C=N–C) groups is 2. The highest BCUT2D eigenvalue weighted by Gasteiger charge is 2.41. The molecule has 2 atom stereocenters. The number of benzene rings is 2. The van der Waals surface area contributed by atoms with Crippen LogP contribution in [0.3, 0.4) is 0 Å². The lowest BCUT2D eigenvalue weighted by atomic mass is 10.1. The van der Waals surface area contributed by atoms with E-state index >= 15 is 0 Å². The Bertz CT molecular complexity index is 1080. The topological polar surface area (TPSA) is 83.4 Å². The summed E-state index contributed by atoms with van der Waals surface area (Å²) in [6.45, 7) is 3.99. The second-order valence-corrected chi connectivity index (χ2v) is 8.74. The summed E-state index contributed by atoms with van der Waals surface area (Å²) >= 11 is 1.30. The third kappa shape index (κ3) is 4.27. The zero-order chi connectivity index (χ0) is 22.7. The first-order chi connectivity index (χ1) is 15.5. The highest BCUT2D eigenvalue weighted by atomic mass is 32.2. The van der Waals surface area contributed by atoms with Crippen LogP contribution in [0, 0.1) is 0 Å². The van der Waals surface area contributed by atoms with Gasteiger partial charge in [-0.25, -0.2) is 9.89 Å². The van der Waals surface area contributed by atoms with E-state index in [0.29, 0.717) is 29.5 Å². The molecule has 2 amide bonds. The molecule has 0 aliphatic carbocycles. The van der Waals surface area contributed by atoms with E-state index < -0.39 is 11.3 Å². The quantitative estimate of drug-likeness (QED) is 0.668. The summed E-state index contributed by atoms with van der Waals surface area (Å²) in [6.07, 6.45) is 2.14. The maximum atomic E-state index is 13.1. The van der Waals surface area contributed by atoms with Crippen LogP contribution in [0.15, 0.2) is 58.5 Å². The van der Waals surface area contributed by atoms with Gasteiger partial charge in [-0.3, -0.25) is 14.6 Å². The molecular formula is C24H26N4O3S. The molecular weight excluding hydrogens is 424 g/mol. The molecule has 2 unspecified atom stereocenters. The summed E-state index contributed by atoms with van der Waals surface area (Å²) in [5.74, 6) is 1.14. The summed E-state index contributed by atoms with van der Waals surface area (Å²) in [5.41, 5.74) is 2.30. The average Bonchev–Trinajstić information content (AvgIpc) is 3.14. The number of amides is 2. The summed E-state index contributed by atoms with van der Waals surface area (Å²) in [6, 6.07) is 14.5. The van der Waals surface area contributed by atoms with Gasteiger partial charge in [-0.05, 0) is 49.2 Å². The number of anilines is 1. The number of hydrogen-bond donors (Lipinski definition) is 1. The summed E-state index contributed by atoms with van der Waals surface area (Å²) in [5, 5.41) is 3.04. The molecule has 0 bridgehead atoms. The molecule has 2 aromatic carbocycles. The van der Waals surface area contributed by atoms with Crippen molar-refractivity contribution in [2.24, 2.45) is 9.98 Å². The normalized spacial score (nSPS) is 17.8. The third-order valence-electron chi connectivity index (χ3n) is 5.38. The van der Waals surface area contributed by atoms with Crippen molar-refractivity contribution in [3.05, 3.63) is 54.1 Å². The Hall–Kier alpha value is -3.13. The number of methoxy groups -OCH3 is 1. The molecule has 1 N–H and O–H groups in total. The number of ether oxygens (including phenoxy) is 1. The second-order valence-electron chi connectivity index (χ2n) is 7.57. The van der Waals surface area contributed by atoms with Gasteiger partial charge in [-0.2, -0.15) is 0 Å². The molecule has 32 heavy (non-hydrogen) atoms. The van der Waals surface area contributed by atoms with Gasteiger partial charge in [0.05, 0.1) is 18.0 Å². The minimum Gasteiger partial charge on any atom is -0.497 e. The lowest BCUT2D eigenvalue weighted by molar-refractivity contribution is -0.124. The first-order valence-corrected chi connectivity index (χ1v) is 11.6. The van der Waals surface area contributed by atoms with E-state index in [4.69, 9.17) is 14.7 Å². The second kappa shape index (κ2) is 9.56. The highest BCUT2D eigenvalue weighted by molar-refractivity contribution is 8.15. The highest BCUT2D eigenvalue weighted by Crippen LogP contribution is 2.36. The maximum Gasteiger partial charge on any atom is 0.259 e. The van der Waals surface area contributed by atoms with Gasteiger partial charge in [0, 0.05) is 11.3 Å². The summed E-state index contributed by atoms with van der Waals surface area (Å²) < 4.78 is 5.17. The van der Waals surface area contributed by atoms with E-state index in [0.717, 1.165) is 23.4 Å². The predicted octanol–water partition coefficient (Wildman–Crippen LogP) is 4.60. The molecule has 166 valence electrons. The molecule has 7 nitrogen and oxygen atoms in total. The number of fused-ring (bicyclic) bond motifs is 3. The Morgan fingerprint density at radius 1 is 1.19 bits per heavy atom. The van der Waals surface area contributed by atoms with Gasteiger partial charge >= 0.3 is 0 Å². The van der Waals surface area contributed by atoms with Crippen molar-refractivity contribution >= 4 is 46.0 Å². The number of nitrogens with one attached hydrogen (secondary N) is 1. The zero-order valence-corrected chi connectivity index (χ0v) is 19.2. The number of carbonyl (C=O) groups excluding carboxylic acids is 2. The van der Waals surface area contributed by atoms with Crippen molar-refractivity contribution in [1.82, 2.24) is 4.90 Å². The van der Waals surface area contributed by atoms with E-state index in [-0.39, 0.29) is 11.8 Å². The number of hydrogen-bond acceptors (Lipinski definition) is 6. The van der Waals surface area contributed by atoms with Gasteiger partial charge in [0.2, 0.25) is 5.91 Å². The molecule has 2 aliphatic rings. The van der Waals surface area contributed by atoms with Crippen LogP contribution in [0.5, 0.6) is 5.75 Å². The van der Waals surface area contributed by atoms with Gasteiger partial charge in [-0.1, -0.05) is 44.2 Å². The van der Waals surface area contributed by atoms with Crippen LogP contribution < -0.4 is 10.1 Å². The molecule has 0 saturated carbocycles. The molecule has 0 saturated heterocycles. The summed E-state index contributed by atoms with van der Waals surface area (Å²) in [4.78, 5) is 37.2. The Morgan fingerprint density at radius 3 is 2.62 bits per heavy atom. The van der Waals surface area contributed by atoms with Crippen LogP contribution in [0.25, 0.3) is 0 Å². The molecule has 2 aliphatic heterocycles. The number of thioether (sulfide) groups is 1. The van der Waals surface area contributed by atoms with E-state index in [1.54, 1.807) is 36.3 Å². The lowest BCUT2D eigenvalue weighted by Gasteiger charge is -2.27. The number of rotatable bonds is 7. The molecule has 4 rings (SSSR count). The molecule has 2 heterocycles. The SMILES string of the molecule is CCCC1N=C2c3ccccc3N=C(SC(CC)C(=O)Nc3ccc(OC)cc3)N2C1=O. The van der Waals surface area contributed by atoms with Gasteiger partial charge in [0.1, 0.15) is 17.6 Å². The fourth-order valence-corrected chi connectivity index (χ4v) is 4.71. The largest absolute Gasteiger partial charge is 0.497 e. The number of nitrogens with zero attached hydrogens (tertiary/aromatic N) is 3. The monoisotopic (exact) mass is 450 g/mol. The van der Waals surface area contributed by atoms with Crippen molar-refractivity contribution in [3.8, 4) is 5.75 Å². The van der Waals surface area contributed by atoms with Crippen LogP contribution in [-0.2, 0) is 9.59 Å². The minimum absolute atomic E-state index is 0.0759. The Kier molecular flexibility index (Phi) is 6.60. The van der Waals surface area contributed by atoms with Crippen molar-refractivity contribution in [2.75, 3.05) is 12.4 Å². The Morgan fingerprint density at radius 2 is 1.94 bits per heavy atom. The van der Waals surface area contributed by atoms with Gasteiger partial charge in [0.25, 0.3) is 5.91 Å². The fourth-order valence-electron chi connectivity index (χ4n) is 3.69. The van der Waals surface area contributed by atoms with Crippen molar-refractivity contribution in [3.63, 3.8) is 0 Å². The lowest BCUT2D eigenvalue weighted by Crippen LogP contribution is -2.42. The first-order valence-electron chi connectivity index (χ1n) is 10.8. The van der Waals surface area contributed by atoms with E-state index in [9.17, 15) is 9.59 Å². The molecule has 0 fully saturated rings. The van der Waals surface area contributed by atoms with Crippen LogP contribution in [-0.4, -0.2) is 46.1 Å². The number of carbonyl (C=O) groups is 2. The standard InChI is InChI=1S/C24H26N4O3S/c1-4-8-19-23(30)28-21(26-19)17-9-6-7-10-18(17)27-24(28)32-20(5-2)22(29)25-15-11-13-16(31-3)14-12-15/h6-7,9-14,19-20H,4-5,8H2,1-3H3,(H,25,29). The van der Waals surface area contributed by atoms with E-state index in [1.165, 1.54) is 11.8 Å². The van der Waals surface area contributed by atoms with Crippen molar-refractivity contribution < 1.29 is 14.3 Å². The summed E-state index contributed by atoms with van der Waals surface area (Å²) in [7, 11) is 1.60. The van der Waals surface area contributed by atoms with Gasteiger partial charge < -0.3 is 10.1 Å². The zero-order valence-electron chi connectivity index (χ0n) is 18.4.